The fourth-order valence-electron chi connectivity index (χ4n) is 2.02. The monoisotopic (exact) mass is 248 g/mol. The highest BCUT2D eigenvalue weighted by molar-refractivity contribution is 7.46. The second-order valence-electron chi connectivity index (χ2n) is 4.23. The second kappa shape index (κ2) is 5.23. The molecule has 0 aromatic heterocycles. The molecular formula is C10H17O5P. The predicted octanol–water partition coefficient (Wildman–Crippen LogP) is 1.80. The van der Waals surface area contributed by atoms with Crippen molar-refractivity contribution in [3.8, 4) is 0 Å². The fourth-order valence-corrected chi connectivity index (χ4v) is 2.60. The zero-order valence-electron chi connectivity index (χ0n) is 9.26. The van der Waals surface area contributed by atoms with Crippen LogP contribution in [0.2, 0.25) is 0 Å². The number of phosphoric acid groups is 1. The Morgan fingerprint density at radius 3 is 2.56 bits per heavy atom. The number of carbonyl (C=O) groups is 1. The summed E-state index contributed by atoms with van der Waals surface area (Å²) in [6.07, 6.45) is 1.92. The van der Waals surface area contributed by atoms with Gasteiger partial charge >= 0.3 is 7.82 Å². The molecule has 0 amide bonds. The van der Waals surface area contributed by atoms with Crippen molar-refractivity contribution in [3.63, 3.8) is 0 Å². The summed E-state index contributed by atoms with van der Waals surface area (Å²) in [7, 11) is -4.45. The molecule has 0 aliphatic heterocycles. The minimum Gasteiger partial charge on any atom is -0.303 e. The van der Waals surface area contributed by atoms with Crippen LogP contribution in [0.3, 0.4) is 0 Å². The van der Waals surface area contributed by atoms with E-state index < -0.39 is 13.9 Å². The van der Waals surface area contributed by atoms with E-state index in [9.17, 15) is 9.36 Å². The average molecular weight is 248 g/mol. The minimum atomic E-state index is -4.45. The molecule has 16 heavy (non-hydrogen) atoms. The Balaban J connectivity index is 2.57. The van der Waals surface area contributed by atoms with Gasteiger partial charge in [-0.25, -0.2) is 4.57 Å². The van der Waals surface area contributed by atoms with Crippen LogP contribution in [-0.2, 0) is 13.9 Å². The van der Waals surface area contributed by atoms with Gasteiger partial charge in [-0.3, -0.25) is 9.32 Å². The van der Waals surface area contributed by atoms with Gasteiger partial charge in [-0.15, -0.1) is 0 Å². The summed E-state index contributed by atoms with van der Waals surface area (Å²) in [6.45, 7) is 5.23. The average Bonchev–Trinajstić information content (AvgIpc) is 2.14. The van der Waals surface area contributed by atoms with Crippen LogP contribution in [0.4, 0.5) is 0 Å². The fraction of sp³-hybridized carbons (Fsp3) is 0.700. The summed E-state index contributed by atoms with van der Waals surface area (Å²) in [5.41, 5.74) is 0.488. The summed E-state index contributed by atoms with van der Waals surface area (Å²) in [5.74, 6) is -0.234. The molecule has 1 rings (SSSR count). The molecule has 6 heteroatoms. The van der Waals surface area contributed by atoms with Crippen molar-refractivity contribution in [2.45, 2.75) is 38.7 Å². The molecular weight excluding hydrogens is 231 g/mol. The lowest BCUT2D eigenvalue weighted by atomic mass is 9.83. The number of Topliss-reactive ketones (excluding diaryl/α,β-unsaturated/α-hetero) is 1. The molecule has 2 unspecified atom stereocenters. The predicted molar refractivity (Wildman–Crippen MR) is 58.7 cm³/mol. The van der Waals surface area contributed by atoms with E-state index in [1.165, 1.54) is 0 Å². The second-order valence-corrected chi connectivity index (χ2v) is 5.42. The number of hydrogen-bond acceptors (Lipinski definition) is 3. The molecule has 0 saturated heterocycles. The highest BCUT2D eigenvalue weighted by atomic mass is 31.2. The molecule has 0 aromatic carbocycles. The summed E-state index contributed by atoms with van der Waals surface area (Å²) in [4.78, 5) is 29.0. The highest BCUT2D eigenvalue weighted by Crippen LogP contribution is 2.42. The van der Waals surface area contributed by atoms with E-state index in [4.69, 9.17) is 9.79 Å². The van der Waals surface area contributed by atoms with Crippen molar-refractivity contribution >= 4 is 13.6 Å². The van der Waals surface area contributed by atoms with Gasteiger partial charge in [0.2, 0.25) is 0 Å². The standard InChI is InChI=1S/C10H17O5P/c1-7(2)10(11)8-4-3-5-9(6-8)15-16(12,13)14/h8-9H,1,3-6H2,2H3,(H2,12,13,14). The van der Waals surface area contributed by atoms with E-state index in [0.29, 0.717) is 18.4 Å². The van der Waals surface area contributed by atoms with Crippen molar-refractivity contribution in [1.29, 1.82) is 0 Å². The zero-order valence-corrected chi connectivity index (χ0v) is 10.2. The molecule has 0 aromatic rings. The summed E-state index contributed by atoms with van der Waals surface area (Å²) in [5, 5.41) is 0. The van der Waals surface area contributed by atoms with Gasteiger partial charge in [0.25, 0.3) is 0 Å². The van der Waals surface area contributed by atoms with Crippen LogP contribution in [0.1, 0.15) is 32.6 Å². The van der Waals surface area contributed by atoms with Gasteiger partial charge in [0.15, 0.2) is 5.78 Å². The van der Waals surface area contributed by atoms with Crippen molar-refractivity contribution in [2.75, 3.05) is 0 Å². The third-order valence-corrected chi connectivity index (χ3v) is 3.28. The lowest BCUT2D eigenvalue weighted by Crippen LogP contribution is -2.27. The third-order valence-electron chi connectivity index (χ3n) is 2.70. The van der Waals surface area contributed by atoms with Crippen LogP contribution < -0.4 is 0 Å². The van der Waals surface area contributed by atoms with Crippen LogP contribution in [0.15, 0.2) is 12.2 Å². The maximum atomic E-state index is 11.7. The quantitative estimate of drug-likeness (QED) is 0.585. The Morgan fingerprint density at radius 1 is 1.44 bits per heavy atom. The van der Waals surface area contributed by atoms with Crippen molar-refractivity contribution in [2.24, 2.45) is 5.92 Å². The number of allylic oxidation sites excluding steroid dienone is 1. The molecule has 0 heterocycles. The topological polar surface area (TPSA) is 83.8 Å². The lowest BCUT2D eigenvalue weighted by molar-refractivity contribution is -0.121. The van der Waals surface area contributed by atoms with E-state index in [2.05, 4.69) is 11.1 Å². The van der Waals surface area contributed by atoms with Gasteiger partial charge in [-0.1, -0.05) is 13.0 Å². The largest absolute Gasteiger partial charge is 0.469 e. The number of phosphoric ester groups is 1. The Bertz CT molecular complexity index is 332. The summed E-state index contributed by atoms with van der Waals surface area (Å²) < 4.78 is 15.3. The molecule has 1 fully saturated rings. The maximum Gasteiger partial charge on any atom is 0.469 e. The van der Waals surface area contributed by atoms with E-state index in [1.54, 1.807) is 6.92 Å². The molecule has 1 aliphatic rings. The first-order valence-corrected chi connectivity index (χ1v) is 6.76. The molecule has 92 valence electrons. The maximum absolute atomic E-state index is 11.7. The molecule has 1 aliphatic carbocycles. The smallest absolute Gasteiger partial charge is 0.303 e. The summed E-state index contributed by atoms with van der Waals surface area (Å²) >= 11 is 0. The van der Waals surface area contributed by atoms with Gasteiger partial charge in [-0.2, -0.15) is 0 Å². The van der Waals surface area contributed by atoms with E-state index >= 15 is 0 Å². The van der Waals surface area contributed by atoms with E-state index in [1.807, 2.05) is 0 Å². The molecule has 2 atom stereocenters. The normalized spacial score (nSPS) is 26.4. The van der Waals surface area contributed by atoms with Crippen molar-refractivity contribution in [3.05, 3.63) is 12.2 Å². The van der Waals surface area contributed by atoms with E-state index in [0.717, 1.165) is 12.8 Å². The van der Waals surface area contributed by atoms with Crippen LogP contribution >= 0.6 is 7.82 Å². The van der Waals surface area contributed by atoms with Gasteiger partial charge in [0.1, 0.15) is 0 Å². The molecule has 0 radical (unpaired) electrons. The molecule has 2 N–H and O–H groups in total. The van der Waals surface area contributed by atoms with Gasteiger partial charge < -0.3 is 9.79 Å². The number of carbonyl (C=O) groups excluding carboxylic acids is 1. The first-order valence-electron chi connectivity index (χ1n) is 5.23. The van der Waals surface area contributed by atoms with Crippen molar-refractivity contribution < 1.29 is 23.7 Å². The first-order chi connectivity index (χ1) is 7.29. The molecule has 5 nitrogen and oxygen atoms in total. The van der Waals surface area contributed by atoms with E-state index in [-0.39, 0.29) is 11.7 Å². The van der Waals surface area contributed by atoms with Crippen molar-refractivity contribution in [1.82, 2.24) is 0 Å². The number of hydrogen-bond donors (Lipinski definition) is 2. The Kier molecular flexibility index (Phi) is 4.44. The number of rotatable bonds is 4. The lowest BCUT2D eigenvalue weighted by Gasteiger charge is -2.28. The number of ketones is 1. The first kappa shape index (κ1) is 13.6. The Hall–Kier alpha value is -0.480. The highest BCUT2D eigenvalue weighted by Gasteiger charge is 2.31. The van der Waals surface area contributed by atoms with Gasteiger partial charge in [0.05, 0.1) is 6.10 Å². The summed E-state index contributed by atoms with van der Waals surface area (Å²) in [6, 6.07) is 0. The third kappa shape index (κ3) is 4.18. The van der Waals surface area contributed by atoms with Crippen LogP contribution in [0, 0.1) is 5.92 Å². The van der Waals surface area contributed by atoms with Crippen LogP contribution in [0.25, 0.3) is 0 Å². The van der Waals surface area contributed by atoms with Crippen LogP contribution in [0.5, 0.6) is 0 Å². The van der Waals surface area contributed by atoms with Gasteiger partial charge in [-0.05, 0) is 31.8 Å². The Labute approximate surface area is 94.7 Å². The molecule has 1 saturated carbocycles. The van der Waals surface area contributed by atoms with Crippen LogP contribution in [-0.4, -0.2) is 21.7 Å². The minimum absolute atomic E-state index is 0.0287. The Morgan fingerprint density at radius 2 is 2.06 bits per heavy atom. The zero-order chi connectivity index (χ0) is 12.3. The molecule has 0 spiro atoms. The molecule has 0 bridgehead atoms. The SMILES string of the molecule is C=C(C)C(=O)C1CCCC(OP(=O)(O)O)C1. The van der Waals surface area contributed by atoms with Gasteiger partial charge in [0, 0.05) is 5.92 Å².